The van der Waals surface area contributed by atoms with Gasteiger partial charge in [0.2, 0.25) is 10.0 Å². The molecule has 0 aliphatic heterocycles. The maximum absolute atomic E-state index is 13.2. The summed E-state index contributed by atoms with van der Waals surface area (Å²) < 4.78 is 66.7. The van der Waals surface area contributed by atoms with Gasteiger partial charge in [0.15, 0.2) is 0 Å². The fourth-order valence-electron chi connectivity index (χ4n) is 4.89. The number of hydrogen-bond donors (Lipinski definition) is 1. The van der Waals surface area contributed by atoms with E-state index in [-0.39, 0.29) is 18.2 Å². The van der Waals surface area contributed by atoms with Gasteiger partial charge in [-0.15, -0.1) is 0 Å². The zero-order chi connectivity index (χ0) is 22.9. The molecule has 7 heteroatoms. The van der Waals surface area contributed by atoms with Crippen molar-refractivity contribution < 1.29 is 21.6 Å². The van der Waals surface area contributed by atoms with Crippen LogP contribution in [0.3, 0.4) is 0 Å². The molecule has 174 valence electrons. The molecule has 4 rings (SSSR count). The van der Waals surface area contributed by atoms with Gasteiger partial charge in [0.25, 0.3) is 0 Å². The Kier molecular flexibility index (Phi) is 6.68. The minimum Gasteiger partial charge on any atom is -0.212 e. The fourth-order valence-corrected chi connectivity index (χ4v) is 6.35. The van der Waals surface area contributed by atoms with Crippen LogP contribution in [-0.4, -0.2) is 14.2 Å². The second kappa shape index (κ2) is 9.18. The average Bonchev–Trinajstić information content (AvgIpc) is 3.47. The van der Waals surface area contributed by atoms with E-state index < -0.39 is 21.8 Å². The Labute approximate surface area is 188 Å². The molecule has 1 fully saturated rings. The van der Waals surface area contributed by atoms with Gasteiger partial charge in [-0.3, -0.25) is 0 Å². The molecular weight excluding hydrogens is 435 g/mol. The van der Waals surface area contributed by atoms with Gasteiger partial charge in [-0.2, -0.15) is 13.2 Å². The minimum atomic E-state index is -4.35. The van der Waals surface area contributed by atoms with Crippen LogP contribution in [0.4, 0.5) is 13.2 Å². The molecular formula is C25H30F3NO2S. The van der Waals surface area contributed by atoms with Gasteiger partial charge in [0.05, 0.1) is 11.3 Å². The number of nitrogens with one attached hydrogen (secondary N) is 1. The van der Waals surface area contributed by atoms with E-state index in [2.05, 4.69) is 23.8 Å². The van der Waals surface area contributed by atoms with Crippen molar-refractivity contribution in [1.82, 2.24) is 4.72 Å². The Hall–Kier alpha value is -1.86. The van der Waals surface area contributed by atoms with E-state index in [1.54, 1.807) is 6.07 Å². The molecule has 2 atom stereocenters. The number of alkyl halides is 3. The topological polar surface area (TPSA) is 46.2 Å². The first kappa shape index (κ1) is 23.3. The van der Waals surface area contributed by atoms with Crippen molar-refractivity contribution in [1.29, 1.82) is 0 Å². The maximum Gasteiger partial charge on any atom is 0.416 e. The van der Waals surface area contributed by atoms with E-state index in [0.29, 0.717) is 23.8 Å². The molecule has 2 aromatic rings. The summed E-state index contributed by atoms with van der Waals surface area (Å²) in [7, 11) is -3.29. The highest BCUT2D eigenvalue weighted by molar-refractivity contribution is 7.89. The Balaban J connectivity index is 1.54. The lowest BCUT2D eigenvalue weighted by Gasteiger charge is -2.21. The van der Waals surface area contributed by atoms with Crippen molar-refractivity contribution in [2.45, 2.75) is 64.1 Å². The second-order valence-electron chi connectivity index (χ2n) is 9.34. The van der Waals surface area contributed by atoms with Crippen LogP contribution < -0.4 is 4.72 Å². The lowest BCUT2D eigenvalue weighted by molar-refractivity contribution is -0.137. The maximum atomic E-state index is 13.2. The van der Waals surface area contributed by atoms with Crippen LogP contribution in [0.15, 0.2) is 42.5 Å². The normalized spacial score (nSPS) is 21.0. The Bertz CT molecular complexity index is 1060. The van der Waals surface area contributed by atoms with Gasteiger partial charge < -0.3 is 0 Å². The third kappa shape index (κ3) is 5.73. The molecule has 0 bridgehead atoms. The van der Waals surface area contributed by atoms with Crippen LogP contribution in [0.2, 0.25) is 0 Å². The van der Waals surface area contributed by atoms with Gasteiger partial charge in [-0.25, -0.2) is 13.1 Å². The highest BCUT2D eigenvalue weighted by atomic mass is 32.2. The number of fused-ring (bicyclic) bond motifs is 1. The van der Waals surface area contributed by atoms with Gasteiger partial charge in [0, 0.05) is 6.54 Å². The molecule has 0 aromatic heterocycles. The van der Waals surface area contributed by atoms with Gasteiger partial charge >= 0.3 is 6.18 Å². The van der Waals surface area contributed by atoms with E-state index in [9.17, 15) is 21.6 Å². The minimum absolute atomic E-state index is 0.136. The van der Waals surface area contributed by atoms with Crippen molar-refractivity contribution in [3.05, 3.63) is 70.3 Å². The second-order valence-corrected chi connectivity index (χ2v) is 11.2. The number of rotatable bonds is 9. The largest absolute Gasteiger partial charge is 0.416 e. The number of halogens is 3. The predicted octanol–water partition coefficient (Wildman–Crippen LogP) is 5.83. The standard InChI is InChI=1S/C25H30F3NO2S/c1-2-4-20-14-21-10-9-19(15-29-32(30,31)16-17-7-8-17)13-24(21)23(20)12-18-5-3-6-22(11-18)25(26,27)28/h3,5-6,9-11,13,17,20,23,29H,2,4,7-8,12,14-16H2,1H3. The summed E-state index contributed by atoms with van der Waals surface area (Å²) >= 11 is 0. The summed E-state index contributed by atoms with van der Waals surface area (Å²) in [6.07, 6.45) is 1.12. The fraction of sp³-hybridized carbons (Fsp3) is 0.520. The highest BCUT2D eigenvalue weighted by Crippen LogP contribution is 2.43. The van der Waals surface area contributed by atoms with Crippen LogP contribution >= 0.6 is 0 Å². The molecule has 2 aliphatic rings. The molecule has 0 saturated heterocycles. The molecule has 0 spiro atoms. The molecule has 2 aromatic carbocycles. The predicted molar refractivity (Wildman–Crippen MR) is 120 cm³/mol. The third-order valence-corrected chi connectivity index (χ3v) is 8.17. The molecule has 0 amide bonds. The molecule has 1 N–H and O–H groups in total. The van der Waals surface area contributed by atoms with Crippen LogP contribution in [-0.2, 0) is 35.6 Å². The quantitative estimate of drug-likeness (QED) is 0.506. The molecule has 2 unspecified atom stereocenters. The summed E-state index contributed by atoms with van der Waals surface area (Å²) in [4.78, 5) is 0. The monoisotopic (exact) mass is 465 g/mol. The van der Waals surface area contributed by atoms with E-state index in [1.807, 2.05) is 6.07 Å². The van der Waals surface area contributed by atoms with Crippen LogP contribution in [0.5, 0.6) is 0 Å². The lowest BCUT2D eigenvalue weighted by atomic mass is 9.84. The molecule has 1 saturated carbocycles. The van der Waals surface area contributed by atoms with Crippen molar-refractivity contribution in [3.8, 4) is 0 Å². The van der Waals surface area contributed by atoms with E-state index in [4.69, 9.17) is 0 Å². The summed E-state index contributed by atoms with van der Waals surface area (Å²) in [5, 5.41) is 0. The summed E-state index contributed by atoms with van der Waals surface area (Å²) in [6, 6.07) is 11.7. The molecule has 3 nitrogen and oxygen atoms in total. The van der Waals surface area contributed by atoms with Crippen molar-refractivity contribution >= 4 is 10.0 Å². The Morgan fingerprint density at radius 2 is 1.84 bits per heavy atom. The third-order valence-electron chi connectivity index (χ3n) is 6.68. The molecule has 2 aliphatic carbocycles. The van der Waals surface area contributed by atoms with Crippen molar-refractivity contribution in [2.75, 3.05) is 5.75 Å². The molecule has 0 radical (unpaired) electrons. The first-order chi connectivity index (χ1) is 15.1. The van der Waals surface area contributed by atoms with Gasteiger partial charge in [-0.1, -0.05) is 49.7 Å². The number of hydrogen-bond acceptors (Lipinski definition) is 2. The van der Waals surface area contributed by atoms with Crippen molar-refractivity contribution in [3.63, 3.8) is 0 Å². The number of benzene rings is 2. The summed E-state index contributed by atoms with van der Waals surface area (Å²) in [5.41, 5.74) is 3.35. The zero-order valence-electron chi connectivity index (χ0n) is 18.3. The SMILES string of the molecule is CCCC1Cc2ccc(CNS(=O)(=O)CC3CC3)cc2C1Cc1cccc(C(F)(F)F)c1. The molecule has 0 heterocycles. The average molecular weight is 466 g/mol. The highest BCUT2D eigenvalue weighted by Gasteiger charge is 2.34. The van der Waals surface area contributed by atoms with Crippen LogP contribution in [0.25, 0.3) is 0 Å². The Morgan fingerprint density at radius 3 is 2.53 bits per heavy atom. The lowest BCUT2D eigenvalue weighted by Crippen LogP contribution is -2.26. The van der Waals surface area contributed by atoms with Crippen LogP contribution in [0.1, 0.15) is 66.3 Å². The smallest absolute Gasteiger partial charge is 0.212 e. The summed E-state index contributed by atoms with van der Waals surface area (Å²) in [6.45, 7) is 2.38. The van der Waals surface area contributed by atoms with Crippen molar-refractivity contribution in [2.24, 2.45) is 11.8 Å². The van der Waals surface area contributed by atoms with Gasteiger partial charge in [0.1, 0.15) is 0 Å². The Morgan fingerprint density at radius 1 is 1.06 bits per heavy atom. The first-order valence-corrected chi connectivity index (χ1v) is 13.0. The zero-order valence-corrected chi connectivity index (χ0v) is 19.1. The van der Waals surface area contributed by atoms with E-state index in [1.165, 1.54) is 17.7 Å². The van der Waals surface area contributed by atoms with E-state index in [0.717, 1.165) is 49.3 Å². The summed E-state index contributed by atoms with van der Waals surface area (Å²) in [5.74, 6) is 0.997. The van der Waals surface area contributed by atoms with Crippen LogP contribution in [0, 0.1) is 11.8 Å². The van der Waals surface area contributed by atoms with E-state index >= 15 is 0 Å². The molecule has 32 heavy (non-hydrogen) atoms. The first-order valence-electron chi connectivity index (χ1n) is 11.4. The van der Waals surface area contributed by atoms with Gasteiger partial charge in [-0.05, 0) is 78.2 Å². The number of sulfonamides is 1.